The Balaban J connectivity index is 2.02. The summed E-state index contributed by atoms with van der Waals surface area (Å²) in [5.74, 6) is 0. The van der Waals surface area contributed by atoms with Crippen molar-refractivity contribution in [2.45, 2.75) is 32.7 Å². The summed E-state index contributed by atoms with van der Waals surface area (Å²) in [6.45, 7) is 5.75. The molecule has 1 unspecified atom stereocenters. The van der Waals surface area contributed by atoms with Gasteiger partial charge in [0, 0.05) is 6.20 Å². The zero-order valence-corrected chi connectivity index (χ0v) is 11.0. The van der Waals surface area contributed by atoms with Crippen LogP contribution in [0.1, 0.15) is 37.7 Å². The Morgan fingerprint density at radius 1 is 1.47 bits per heavy atom. The van der Waals surface area contributed by atoms with Crippen molar-refractivity contribution in [3.8, 4) is 0 Å². The highest BCUT2D eigenvalue weighted by atomic mass is 32.1. The highest BCUT2D eigenvalue weighted by Crippen LogP contribution is 2.42. The first-order valence-corrected chi connectivity index (χ1v) is 6.92. The number of pyridine rings is 1. The molecule has 0 spiro atoms. The molecule has 3 nitrogen and oxygen atoms in total. The van der Waals surface area contributed by atoms with E-state index in [-0.39, 0.29) is 0 Å². The molecular weight excluding hydrogens is 230 g/mol. The second-order valence-corrected chi connectivity index (χ2v) is 6.44. The van der Waals surface area contributed by atoms with Gasteiger partial charge in [-0.1, -0.05) is 13.8 Å². The van der Waals surface area contributed by atoms with Gasteiger partial charge in [-0.25, -0.2) is 4.98 Å². The minimum Gasteiger partial charge on any atom is -0.307 e. The predicted octanol–water partition coefficient (Wildman–Crippen LogP) is 3.14. The van der Waals surface area contributed by atoms with Crippen LogP contribution in [0.5, 0.6) is 0 Å². The standard InChI is InChI=1S/C13H17N3S/c1-13(2)5-3-6-15-11(13)12-16-9-8-14-7-4-10(9)17-12/h4,7-8,11,15H,3,5-6H2,1-2H3. The third kappa shape index (κ3) is 1.96. The first-order valence-electron chi connectivity index (χ1n) is 6.11. The Morgan fingerprint density at radius 3 is 3.12 bits per heavy atom. The van der Waals surface area contributed by atoms with Crippen LogP contribution in [-0.2, 0) is 0 Å². The van der Waals surface area contributed by atoms with E-state index in [1.54, 1.807) is 11.3 Å². The van der Waals surface area contributed by atoms with Gasteiger partial charge >= 0.3 is 0 Å². The first kappa shape index (κ1) is 11.1. The first-order chi connectivity index (χ1) is 8.17. The van der Waals surface area contributed by atoms with Crippen LogP contribution in [-0.4, -0.2) is 16.5 Å². The average Bonchev–Trinajstić information content (AvgIpc) is 2.71. The maximum Gasteiger partial charge on any atom is 0.111 e. The van der Waals surface area contributed by atoms with Crippen molar-refractivity contribution in [2.24, 2.45) is 5.41 Å². The van der Waals surface area contributed by atoms with Gasteiger partial charge in [-0.05, 0) is 30.9 Å². The number of nitrogens with one attached hydrogen (secondary N) is 1. The molecule has 2 aromatic heterocycles. The molecule has 0 amide bonds. The molecule has 3 rings (SSSR count). The smallest absolute Gasteiger partial charge is 0.111 e. The predicted molar refractivity (Wildman–Crippen MR) is 71.2 cm³/mol. The molecule has 1 atom stereocenters. The van der Waals surface area contributed by atoms with Crippen molar-refractivity contribution in [3.05, 3.63) is 23.5 Å². The van der Waals surface area contributed by atoms with Crippen LogP contribution < -0.4 is 5.32 Å². The topological polar surface area (TPSA) is 37.8 Å². The lowest BCUT2D eigenvalue weighted by molar-refractivity contribution is 0.181. The summed E-state index contributed by atoms with van der Waals surface area (Å²) < 4.78 is 1.23. The number of aromatic nitrogens is 2. The van der Waals surface area contributed by atoms with Gasteiger partial charge in [0.05, 0.1) is 22.5 Å². The van der Waals surface area contributed by atoms with Crippen LogP contribution in [0.4, 0.5) is 0 Å². The molecule has 0 radical (unpaired) electrons. The summed E-state index contributed by atoms with van der Waals surface area (Å²) in [5.41, 5.74) is 1.31. The second-order valence-electron chi connectivity index (χ2n) is 5.37. The van der Waals surface area contributed by atoms with E-state index >= 15 is 0 Å². The van der Waals surface area contributed by atoms with Crippen molar-refractivity contribution in [1.29, 1.82) is 0 Å². The van der Waals surface area contributed by atoms with E-state index in [9.17, 15) is 0 Å². The van der Waals surface area contributed by atoms with Gasteiger partial charge in [0.1, 0.15) is 5.01 Å². The molecule has 0 saturated carbocycles. The van der Waals surface area contributed by atoms with Gasteiger partial charge in [-0.3, -0.25) is 4.98 Å². The van der Waals surface area contributed by atoms with Crippen molar-refractivity contribution in [3.63, 3.8) is 0 Å². The quantitative estimate of drug-likeness (QED) is 0.841. The van der Waals surface area contributed by atoms with Crippen LogP contribution in [0, 0.1) is 5.41 Å². The highest BCUT2D eigenvalue weighted by molar-refractivity contribution is 7.18. The van der Waals surface area contributed by atoms with Crippen LogP contribution in [0.3, 0.4) is 0 Å². The zero-order valence-electron chi connectivity index (χ0n) is 10.2. The third-order valence-electron chi connectivity index (χ3n) is 3.58. The van der Waals surface area contributed by atoms with Crippen molar-refractivity contribution >= 4 is 21.6 Å². The lowest BCUT2D eigenvalue weighted by Gasteiger charge is -2.38. The van der Waals surface area contributed by atoms with Gasteiger partial charge in [0.25, 0.3) is 0 Å². The molecule has 4 heteroatoms. The Kier molecular flexibility index (Phi) is 2.64. The lowest BCUT2D eigenvalue weighted by atomic mass is 9.78. The summed E-state index contributed by atoms with van der Waals surface area (Å²) in [4.78, 5) is 8.86. The lowest BCUT2D eigenvalue weighted by Crippen LogP contribution is -2.39. The van der Waals surface area contributed by atoms with E-state index in [4.69, 9.17) is 4.98 Å². The molecule has 0 bridgehead atoms. The Labute approximate surface area is 105 Å². The third-order valence-corrected chi connectivity index (χ3v) is 4.68. The number of hydrogen-bond donors (Lipinski definition) is 1. The number of rotatable bonds is 1. The molecule has 0 aliphatic carbocycles. The molecule has 2 aromatic rings. The summed E-state index contributed by atoms with van der Waals surface area (Å²) >= 11 is 1.79. The molecule has 1 aliphatic rings. The van der Waals surface area contributed by atoms with E-state index in [1.165, 1.54) is 22.5 Å². The normalized spacial score (nSPS) is 24.0. The molecule has 1 aliphatic heterocycles. The maximum absolute atomic E-state index is 4.73. The van der Waals surface area contributed by atoms with Gasteiger partial charge < -0.3 is 5.32 Å². The monoisotopic (exact) mass is 247 g/mol. The minimum atomic E-state index is 0.291. The van der Waals surface area contributed by atoms with E-state index in [2.05, 4.69) is 24.1 Å². The van der Waals surface area contributed by atoms with Crippen molar-refractivity contribution in [2.75, 3.05) is 6.54 Å². The molecule has 0 aromatic carbocycles. The SMILES string of the molecule is CC1(C)CCCNC1c1nc2cnccc2s1. The highest BCUT2D eigenvalue weighted by Gasteiger charge is 2.35. The maximum atomic E-state index is 4.73. The molecule has 1 saturated heterocycles. The number of hydrogen-bond acceptors (Lipinski definition) is 4. The summed E-state index contributed by atoms with van der Waals surface area (Å²) in [5, 5.41) is 4.82. The fourth-order valence-corrected chi connectivity index (χ4v) is 3.78. The van der Waals surface area contributed by atoms with Crippen LogP contribution >= 0.6 is 11.3 Å². The number of nitrogens with zero attached hydrogens (tertiary/aromatic N) is 2. The number of fused-ring (bicyclic) bond motifs is 1. The van der Waals surface area contributed by atoms with Crippen LogP contribution in [0.2, 0.25) is 0 Å². The molecule has 17 heavy (non-hydrogen) atoms. The number of piperidine rings is 1. The van der Waals surface area contributed by atoms with Crippen molar-refractivity contribution < 1.29 is 0 Å². The van der Waals surface area contributed by atoms with E-state index < -0.39 is 0 Å². The fourth-order valence-electron chi connectivity index (χ4n) is 2.55. The van der Waals surface area contributed by atoms with Crippen molar-refractivity contribution in [1.82, 2.24) is 15.3 Å². The fraction of sp³-hybridized carbons (Fsp3) is 0.538. The summed E-state index contributed by atoms with van der Waals surface area (Å²) in [6.07, 6.45) is 6.21. The average molecular weight is 247 g/mol. The Bertz CT molecular complexity index is 499. The summed E-state index contributed by atoms with van der Waals surface area (Å²) in [7, 11) is 0. The molecular formula is C13H17N3S. The van der Waals surface area contributed by atoms with E-state index in [0.717, 1.165) is 12.1 Å². The molecule has 3 heterocycles. The molecule has 1 N–H and O–H groups in total. The van der Waals surface area contributed by atoms with Gasteiger partial charge in [0.15, 0.2) is 0 Å². The van der Waals surface area contributed by atoms with Gasteiger partial charge in [0.2, 0.25) is 0 Å². The number of thiazole rings is 1. The Morgan fingerprint density at radius 2 is 2.35 bits per heavy atom. The zero-order chi connectivity index (χ0) is 11.9. The molecule has 1 fully saturated rings. The van der Waals surface area contributed by atoms with Crippen LogP contribution in [0.15, 0.2) is 18.5 Å². The van der Waals surface area contributed by atoms with E-state index in [0.29, 0.717) is 11.5 Å². The largest absolute Gasteiger partial charge is 0.307 e. The summed E-state index contributed by atoms with van der Waals surface area (Å²) in [6, 6.07) is 2.43. The second kappa shape index (κ2) is 4.03. The molecule has 90 valence electrons. The Hall–Kier alpha value is -1.00. The van der Waals surface area contributed by atoms with Gasteiger partial charge in [-0.15, -0.1) is 11.3 Å². The minimum absolute atomic E-state index is 0.291. The van der Waals surface area contributed by atoms with Gasteiger partial charge in [-0.2, -0.15) is 0 Å². The van der Waals surface area contributed by atoms with E-state index in [1.807, 2.05) is 18.5 Å². The van der Waals surface area contributed by atoms with Crippen LogP contribution in [0.25, 0.3) is 10.2 Å².